The van der Waals surface area contributed by atoms with Crippen molar-refractivity contribution in [2.24, 2.45) is 11.7 Å². The molecule has 1 aliphatic heterocycles. The predicted molar refractivity (Wildman–Crippen MR) is 92.7 cm³/mol. The molecule has 3 N–H and O–H groups in total. The average Bonchev–Trinajstić information content (AvgIpc) is 3.10. The Bertz CT molecular complexity index is 638. The summed E-state index contributed by atoms with van der Waals surface area (Å²) in [5.41, 5.74) is 5.20. The number of hydrogen-bond donors (Lipinski definition) is 2. The highest BCUT2D eigenvalue weighted by Gasteiger charge is 2.28. The van der Waals surface area contributed by atoms with Crippen LogP contribution in [0.1, 0.15) is 37.0 Å². The van der Waals surface area contributed by atoms with Gasteiger partial charge in [0.25, 0.3) is 5.91 Å². The molecule has 0 aliphatic carbocycles. The number of nitrogens with two attached hydrogens (primary N) is 1. The average molecular weight is 364 g/mol. The Morgan fingerprint density at radius 1 is 1.27 bits per heavy atom. The normalized spacial score (nSPS) is 17.6. The van der Waals surface area contributed by atoms with Gasteiger partial charge in [0.2, 0.25) is 0 Å². The van der Waals surface area contributed by atoms with Crippen LogP contribution in [-0.2, 0) is 14.3 Å². The van der Waals surface area contributed by atoms with Gasteiger partial charge in [-0.15, -0.1) is 0 Å². The van der Waals surface area contributed by atoms with Gasteiger partial charge in [-0.3, -0.25) is 10.1 Å². The van der Waals surface area contributed by atoms with E-state index >= 15 is 0 Å². The van der Waals surface area contributed by atoms with E-state index in [4.69, 9.17) is 19.9 Å². The molecule has 0 spiro atoms. The van der Waals surface area contributed by atoms with Crippen molar-refractivity contribution in [3.05, 3.63) is 29.8 Å². The van der Waals surface area contributed by atoms with Crippen LogP contribution < -0.4 is 15.8 Å². The van der Waals surface area contributed by atoms with E-state index in [1.165, 1.54) is 0 Å². The van der Waals surface area contributed by atoms with Crippen LogP contribution in [0, 0.1) is 5.92 Å². The Kier molecular flexibility index (Phi) is 6.97. The summed E-state index contributed by atoms with van der Waals surface area (Å²) in [4.78, 5) is 35.0. The van der Waals surface area contributed by atoms with Gasteiger partial charge in [-0.1, -0.05) is 13.8 Å². The van der Waals surface area contributed by atoms with Crippen molar-refractivity contribution in [3.63, 3.8) is 0 Å². The number of amides is 3. The van der Waals surface area contributed by atoms with Crippen molar-refractivity contribution in [1.29, 1.82) is 0 Å². The smallest absolute Gasteiger partial charge is 0.338 e. The van der Waals surface area contributed by atoms with Crippen LogP contribution in [0.25, 0.3) is 0 Å². The number of nitrogens with one attached hydrogen (secondary N) is 1. The maximum absolute atomic E-state index is 12.2. The third-order valence-corrected chi connectivity index (χ3v) is 3.89. The van der Waals surface area contributed by atoms with Gasteiger partial charge in [0, 0.05) is 6.61 Å². The van der Waals surface area contributed by atoms with Gasteiger partial charge < -0.3 is 19.9 Å². The van der Waals surface area contributed by atoms with Gasteiger partial charge in [0.15, 0.2) is 6.10 Å². The third-order valence-electron chi connectivity index (χ3n) is 3.89. The van der Waals surface area contributed by atoms with E-state index in [1.54, 1.807) is 38.1 Å². The molecule has 0 saturated carbocycles. The highest BCUT2D eigenvalue weighted by atomic mass is 16.5. The number of esters is 1. The maximum Gasteiger partial charge on any atom is 0.338 e. The minimum absolute atomic E-state index is 0.107. The molecule has 1 aromatic carbocycles. The van der Waals surface area contributed by atoms with Crippen molar-refractivity contribution in [1.82, 2.24) is 5.32 Å². The largest absolute Gasteiger partial charge is 0.491 e. The lowest BCUT2D eigenvalue weighted by atomic mass is 10.1. The topological polar surface area (TPSA) is 117 Å². The molecule has 8 nitrogen and oxygen atoms in total. The molecule has 0 aromatic heterocycles. The van der Waals surface area contributed by atoms with Crippen LogP contribution in [0.5, 0.6) is 5.75 Å². The van der Waals surface area contributed by atoms with E-state index < -0.39 is 24.0 Å². The molecule has 1 saturated heterocycles. The summed E-state index contributed by atoms with van der Waals surface area (Å²) in [6.07, 6.45) is 1.01. The molecule has 142 valence electrons. The van der Waals surface area contributed by atoms with Crippen molar-refractivity contribution >= 4 is 17.9 Å². The number of hydrogen-bond acceptors (Lipinski definition) is 6. The van der Waals surface area contributed by atoms with Crippen LogP contribution in [-0.4, -0.2) is 43.3 Å². The zero-order valence-electron chi connectivity index (χ0n) is 14.9. The van der Waals surface area contributed by atoms with Crippen molar-refractivity contribution in [2.45, 2.75) is 38.9 Å². The first-order chi connectivity index (χ1) is 12.4. The summed E-state index contributed by atoms with van der Waals surface area (Å²) in [5.74, 6) is -1.14. The second kappa shape index (κ2) is 9.19. The number of carbonyl (C=O) groups is 3. The molecular formula is C18H24N2O6. The molecule has 2 atom stereocenters. The molecule has 1 heterocycles. The number of urea groups is 1. The highest BCUT2D eigenvalue weighted by Crippen LogP contribution is 2.18. The first-order valence-electron chi connectivity index (χ1n) is 8.52. The first kappa shape index (κ1) is 19.7. The van der Waals surface area contributed by atoms with Gasteiger partial charge in [0.1, 0.15) is 12.4 Å². The first-order valence-corrected chi connectivity index (χ1v) is 8.52. The fraction of sp³-hybridized carbons (Fsp3) is 0.500. The minimum atomic E-state index is -1.12. The minimum Gasteiger partial charge on any atom is -0.491 e. The molecule has 0 radical (unpaired) electrons. The molecule has 3 amide bonds. The van der Waals surface area contributed by atoms with Crippen LogP contribution in [0.4, 0.5) is 4.79 Å². The number of rotatable bonds is 7. The molecule has 0 unspecified atom stereocenters. The highest BCUT2D eigenvalue weighted by molar-refractivity contribution is 5.98. The third kappa shape index (κ3) is 5.73. The van der Waals surface area contributed by atoms with Gasteiger partial charge in [-0.25, -0.2) is 9.59 Å². The molecule has 26 heavy (non-hydrogen) atoms. The Hall–Kier alpha value is -2.61. The van der Waals surface area contributed by atoms with E-state index in [0.717, 1.165) is 19.4 Å². The number of primary amides is 1. The lowest BCUT2D eigenvalue weighted by molar-refractivity contribution is -0.130. The van der Waals surface area contributed by atoms with E-state index in [1.807, 2.05) is 5.32 Å². The second-order valence-corrected chi connectivity index (χ2v) is 6.39. The van der Waals surface area contributed by atoms with E-state index in [0.29, 0.717) is 12.4 Å². The Morgan fingerprint density at radius 2 is 1.96 bits per heavy atom. The number of ether oxygens (including phenoxy) is 3. The number of benzene rings is 1. The van der Waals surface area contributed by atoms with E-state index in [9.17, 15) is 14.4 Å². The van der Waals surface area contributed by atoms with E-state index in [-0.39, 0.29) is 17.6 Å². The number of carbonyl (C=O) groups excluding carboxylic acids is 3. The van der Waals surface area contributed by atoms with Crippen LogP contribution in [0.3, 0.4) is 0 Å². The molecular weight excluding hydrogens is 340 g/mol. The summed E-state index contributed by atoms with van der Waals surface area (Å²) in [7, 11) is 0. The maximum atomic E-state index is 12.2. The van der Waals surface area contributed by atoms with Crippen LogP contribution in [0.2, 0.25) is 0 Å². The summed E-state index contributed by atoms with van der Waals surface area (Å²) in [6.45, 7) is 4.62. The van der Waals surface area contributed by atoms with E-state index in [2.05, 4.69) is 0 Å². The second-order valence-electron chi connectivity index (χ2n) is 6.39. The molecule has 1 fully saturated rings. The summed E-state index contributed by atoms with van der Waals surface area (Å²) in [6, 6.07) is 5.41. The van der Waals surface area contributed by atoms with Crippen LogP contribution in [0.15, 0.2) is 24.3 Å². The van der Waals surface area contributed by atoms with Gasteiger partial charge in [0.05, 0.1) is 11.7 Å². The quantitative estimate of drug-likeness (QED) is 0.710. The van der Waals surface area contributed by atoms with Gasteiger partial charge >= 0.3 is 12.0 Å². The Balaban J connectivity index is 1.92. The zero-order chi connectivity index (χ0) is 19.1. The number of imide groups is 1. The molecule has 1 aromatic rings. The van der Waals surface area contributed by atoms with Gasteiger partial charge in [-0.2, -0.15) is 0 Å². The molecule has 2 rings (SSSR count). The van der Waals surface area contributed by atoms with Crippen molar-refractivity contribution < 1.29 is 28.6 Å². The lowest BCUT2D eigenvalue weighted by Crippen LogP contribution is -2.45. The molecule has 1 aliphatic rings. The molecule has 0 bridgehead atoms. The molecule has 8 heteroatoms. The lowest BCUT2D eigenvalue weighted by Gasteiger charge is -2.20. The predicted octanol–water partition coefficient (Wildman–Crippen LogP) is 1.62. The van der Waals surface area contributed by atoms with Crippen LogP contribution >= 0.6 is 0 Å². The SMILES string of the molecule is CC(C)[C@H](OC(=O)c1ccc(OC[C@@H]2CCCO2)cc1)C(=O)NC(N)=O. The summed E-state index contributed by atoms with van der Waals surface area (Å²) >= 11 is 0. The summed E-state index contributed by atoms with van der Waals surface area (Å²) in [5, 5.41) is 1.92. The monoisotopic (exact) mass is 364 g/mol. The van der Waals surface area contributed by atoms with Crippen molar-refractivity contribution in [2.75, 3.05) is 13.2 Å². The van der Waals surface area contributed by atoms with Crippen molar-refractivity contribution in [3.8, 4) is 5.75 Å². The Labute approximate surface area is 152 Å². The van der Waals surface area contributed by atoms with Gasteiger partial charge in [-0.05, 0) is 43.0 Å². The Morgan fingerprint density at radius 3 is 2.50 bits per heavy atom. The summed E-state index contributed by atoms with van der Waals surface area (Å²) < 4.78 is 16.3. The standard InChI is InChI=1S/C18H24N2O6/c1-11(2)15(16(21)20-18(19)23)26-17(22)12-5-7-13(8-6-12)25-10-14-4-3-9-24-14/h5-8,11,14-15H,3-4,9-10H2,1-2H3,(H3,19,20,21,23)/t14-,15-/m0/s1. The fourth-order valence-corrected chi connectivity index (χ4v) is 2.52. The zero-order valence-corrected chi connectivity index (χ0v) is 14.9. The fourth-order valence-electron chi connectivity index (χ4n) is 2.52.